The van der Waals surface area contributed by atoms with Crippen LogP contribution in [-0.4, -0.2) is 22.1 Å². The molecular weight excluding hydrogens is 262 g/mol. The van der Waals surface area contributed by atoms with Gasteiger partial charge in [-0.25, -0.2) is 0 Å². The van der Waals surface area contributed by atoms with Crippen molar-refractivity contribution in [2.24, 2.45) is 0 Å². The highest BCUT2D eigenvalue weighted by molar-refractivity contribution is 5.65. The van der Waals surface area contributed by atoms with Crippen LogP contribution >= 0.6 is 0 Å². The molecule has 0 aliphatic rings. The van der Waals surface area contributed by atoms with Crippen molar-refractivity contribution in [1.29, 1.82) is 0 Å². The van der Waals surface area contributed by atoms with Gasteiger partial charge in [-0.2, -0.15) is 0 Å². The zero-order chi connectivity index (χ0) is 14.7. The summed E-state index contributed by atoms with van der Waals surface area (Å²) in [5.74, 6) is 0.829. The fourth-order valence-electron chi connectivity index (χ4n) is 2.38. The van der Waals surface area contributed by atoms with Crippen molar-refractivity contribution in [1.82, 2.24) is 15.0 Å². The first-order chi connectivity index (χ1) is 10.3. The Morgan fingerprint density at radius 1 is 1.10 bits per heavy atom. The lowest BCUT2D eigenvalue weighted by Gasteiger charge is -1.95. The van der Waals surface area contributed by atoms with Gasteiger partial charge in [-0.15, -0.1) is 0 Å². The number of aromatic amines is 3. The van der Waals surface area contributed by atoms with Crippen molar-refractivity contribution in [2.75, 3.05) is 7.11 Å². The highest BCUT2D eigenvalue weighted by atomic mass is 16.5. The highest BCUT2D eigenvalue weighted by Gasteiger charge is 2.08. The molecule has 0 saturated carbocycles. The molecule has 0 fully saturated rings. The standard InChI is InChI=1S/C17H19N3O/c1-3-5-12-7-8-13(19-12)10-16-17(21-2)11-15(20-16)14-6-4-9-18-14/h4-11,18-20H,3H2,1-2H3. The van der Waals surface area contributed by atoms with Crippen LogP contribution in [0, 0.1) is 0 Å². The van der Waals surface area contributed by atoms with Gasteiger partial charge in [-0.1, -0.05) is 13.0 Å². The van der Waals surface area contributed by atoms with E-state index in [0.29, 0.717) is 0 Å². The second-order valence-electron chi connectivity index (χ2n) is 4.87. The maximum atomic E-state index is 5.45. The molecule has 108 valence electrons. The molecule has 4 nitrogen and oxygen atoms in total. The Labute approximate surface area is 123 Å². The van der Waals surface area contributed by atoms with Gasteiger partial charge in [0.15, 0.2) is 0 Å². The van der Waals surface area contributed by atoms with Gasteiger partial charge < -0.3 is 19.7 Å². The van der Waals surface area contributed by atoms with Crippen molar-refractivity contribution >= 4 is 12.2 Å². The monoisotopic (exact) mass is 281 g/mol. The zero-order valence-corrected chi connectivity index (χ0v) is 12.2. The minimum Gasteiger partial charge on any atom is -0.494 e. The van der Waals surface area contributed by atoms with E-state index in [1.54, 1.807) is 7.11 Å². The van der Waals surface area contributed by atoms with E-state index in [4.69, 9.17) is 4.74 Å². The average Bonchev–Trinajstić information content (AvgIpc) is 3.19. The predicted molar refractivity (Wildman–Crippen MR) is 85.5 cm³/mol. The first kappa shape index (κ1) is 13.4. The number of H-pyrrole nitrogens is 3. The molecule has 0 aromatic carbocycles. The fraction of sp³-hybridized carbons (Fsp3) is 0.176. The van der Waals surface area contributed by atoms with Gasteiger partial charge in [0.25, 0.3) is 0 Å². The molecule has 0 radical (unpaired) electrons. The molecule has 4 heteroatoms. The summed E-state index contributed by atoms with van der Waals surface area (Å²) in [5.41, 5.74) is 3.00. The minimum atomic E-state index is 0.829. The summed E-state index contributed by atoms with van der Waals surface area (Å²) in [6, 6.07) is 10.1. The first-order valence-corrected chi connectivity index (χ1v) is 7.08. The third kappa shape index (κ3) is 2.79. The lowest BCUT2D eigenvalue weighted by molar-refractivity contribution is 0.414. The Kier molecular flexibility index (Phi) is 3.69. The van der Waals surface area contributed by atoms with E-state index in [0.717, 1.165) is 40.0 Å². The molecule has 0 unspecified atom stereocenters. The van der Waals surface area contributed by atoms with Crippen LogP contribution in [0.2, 0.25) is 0 Å². The van der Waals surface area contributed by atoms with Crippen molar-refractivity contribution in [3.8, 4) is 17.1 Å². The Hall–Kier alpha value is -2.62. The maximum absolute atomic E-state index is 5.45. The van der Waals surface area contributed by atoms with E-state index in [9.17, 15) is 0 Å². The van der Waals surface area contributed by atoms with Crippen molar-refractivity contribution in [2.45, 2.75) is 13.3 Å². The Bertz CT molecular complexity index is 822. The zero-order valence-electron chi connectivity index (χ0n) is 12.2. The summed E-state index contributed by atoms with van der Waals surface area (Å²) in [6.07, 6.45) is 7.14. The molecule has 3 aromatic heterocycles. The predicted octanol–water partition coefficient (Wildman–Crippen LogP) is 2.37. The molecule has 3 N–H and O–H groups in total. The summed E-state index contributed by atoms with van der Waals surface area (Å²) in [6.45, 7) is 2.13. The molecule has 0 aliphatic heterocycles. The smallest absolute Gasteiger partial charge is 0.144 e. The molecule has 0 aliphatic carbocycles. The Morgan fingerprint density at radius 3 is 2.67 bits per heavy atom. The van der Waals surface area contributed by atoms with E-state index in [1.807, 2.05) is 24.4 Å². The first-order valence-electron chi connectivity index (χ1n) is 7.08. The number of aromatic nitrogens is 3. The van der Waals surface area contributed by atoms with Crippen LogP contribution in [0.1, 0.15) is 19.0 Å². The van der Waals surface area contributed by atoms with Gasteiger partial charge in [0.05, 0.1) is 24.2 Å². The summed E-state index contributed by atoms with van der Waals surface area (Å²) >= 11 is 0. The lowest BCUT2D eigenvalue weighted by atomic mass is 10.3. The SMILES string of the molecule is CCC=c1ccc(=Cc2[nH]c(-c3ccc[nH]3)cc2OC)[nH]1. The van der Waals surface area contributed by atoms with Gasteiger partial charge in [-0.3, -0.25) is 0 Å². The summed E-state index contributed by atoms with van der Waals surface area (Å²) in [5, 5.41) is 2.19. The van der Waals surface area contributed by atoms with Crippen molar-refractivity contribution < 1.29 is 4.74 Å². The van der Waals surface area contributed by atoms with E-state index in [-0.39, 0.29) is 0 Å². The minimum absolute atomic E-state index is 0.829. The van der Waals surface area contributed by atoms with Crippen LogP contribution < -0.4 is 15.4 Å². The normalized spacial score (nSPS) is 13.0. The number of nitrogens with one attached hydrogen (secondary N) is 3. The van der Waals surface area contributed by atoms with E-state index in [1.165, 1.54) is 0 Å². The quantitative estimate of drug-likeness (QED) is 0.675. The molecule has 3 aromatic rings. The maximum Gasteiger partial charge on any atom is 0.144 e. The van der Waals surface area contributed by atoms with Gasteiger partial charge in [0.1, 0.15) is 5.75 Å². The molecule has 0 atom stereocenters. The number of hydrogen-bond acceptors (Lipinski definition) is 1. The fourth-order valence-corrected chi connectivity index (χ4v) is 2.38. The molecule has 3 rings (SSSR count). The number of rotatable bonds is 4. The highest BCUT2D eigenvalue weighted by Crippen LogP contribution is 2.26. The summed E-state index contributed by atoms with van der Waals surface area (Å²) in [4.78, 5) is 9.94. The summed E-state index contributed by atoms with van der Waals surface area (Å²) < 4.78 is 5.45. The third-order valence-electron chi connectivity index (χ3n) is 3.37. The van der Waals surface area contributed by atoms with E-state index < -0.39 is 0 Å². The van der Waals surface area contributed by atoms with Crippen LogP contribution in [-0.2, 0) is 0 Å². The van der Waals surface area contributed by atoms with Gasteiger partial charge in [-0.05, 0) is 36.8 Å². The van der Waals surface area contributed by atoms with Gasteiger partial charge in [0, 0.05) is 23.0 Å². The Morgan fingerprint density at radius 2 is 1.95 bits per heavy atom. The van der Waals surface area contributed by atoms with Crippen LogP contribution in [0.4, 0.5) is 0 Å². The Balaban J connectivity index is 2.03. The average molecular weight is 281 g/mol. The van der Waals surface area contributed by atoms with E-state index >= 15 is 0 Å². The van der Waals surface area contributed by atoms with E-state index in [2.05, 4.69) is 46.2 Å². The number of ether oxygens (including phenoxy) is 1. The molecule has 0 spiro atoms. The van der Waals surface area contributed by atoms with Crippen LogP contribution in [0.15, 0.2) is 36.5 Å². The van der Waals surface area contributed by atoms with Crippen LogP contribution in [0.5, 0.6) is 5.75 Å². The van der Waals surface area contributed by atoms with Gasteiger partial charge in [0.2, 0.25) is 0 Å². The van der Waals surface area contributed by atoms with Crippen molar-refractivity contribution in [3.05, 3.63) is 52.9 Å². The van der Waals surface area contributed by atoms with Crippen LogP contribution in [0.3, 0.4) is 0 Å². The van der Waals surface area contributed by atoms with Crippen LogP contribution in [0.25, 0.3) is 23.5 Å². The third-order valence-corrected chi connectivity index (χ3v) is 3.37. The second-order valence-corrected chi connectivity index (χ2v) is 4.87. The molecule has 3 heterocycles. The molecule has 0 bridgehead atoms. The molecular formula is C17H19N3O. The van der Waals surface area contributed by atoms with Gasteiger partial charge >= 0.3 is 0 Å². The van der Waals surface area contributed by atoms with Crippen molar-refractivity contribution in [3.63, 3.8) is 0 Å². The summed E-state index contributed by atoms with van der Waals surface area (Å²) in [7, 11) is 1.68. The second kappa shape index (κ2) is 5.79. The molecule has 21 heavy (non-hydrogen) atoms. The molecule has 0 saturated heterocycles. The lowest BCUT2D eigenvalue weighted by Crippen LogP contribution is -2.09. The topological polar surface area (TPSA) is 56.6 Å². The molecule has 0 amide bonds. The number of hydrogen-bond donors (Lipinski definition) is 3. The largest absolute Gasteiger partial charge is 0.494 e. The number of methoxy groups -OCH3 is 1.